The van der Waals surface area contributed by atoms with Crippen LogP contribution in [0.2, 0.25) is 0 Å². The average molecular weight is 369 g/mol. The molecule has 0 aliphatic heterocycles. The van der Waals surface area contributed by atoms with Crippen molar-refractivity contribution >= 4 is 11.6 Å². The zero-order valence-electron chi connectivity index (χ0n) is 12.8. The molecule has 1 heterocycles. The number of hydrogen-bond donors (Lipinski definition) is 1. The Morgan fingerprint density at radius 2 is 1.65 bits per heavy atom. The first-order valence-corrected chi connectivity index (χ1v) is 7.16. The third-order valence-corrected chi connectivity index (χ3v) is 3.38. The lowest BCUT2D eigenvalue weighted by atomic mass is 10.1. The van der Waals surface area contributed by atoms with E-state index in [-0.39, 0.29) is 17.2 Å². The highest BCUT2D eigenvalue weighted by atomic mass is 19.4. The molecule has 0 aliphatic rings. The summed E-state index contributed by atoms with van der Waals surface area (Å²) in [5.41, 5.74) is -1.64. The van der Waals surface area contributed by atoms with E-state index >= 15 is 0 Å². The second-order valence-corrected chi connectivity index (χ2v) is 5.22. The fourth-order valence-electron chi connectivity index (χ4n) is 2.20. The SMILES string of the molecule is Fc1ccc(-c2nc(Nc3cccc(C(F)(F)F)c3)ncc2F)c(F)c1. The molecule has 0 aliphatic carbocycles. The summed E-state index contributed by atoms with van der Waals surface area (Å²) in [5, 5.41) is 2.50. The van der Waals surface area contributed by atoms with E-state index in [9.17, 15) is 26.3 Å². The summed E-state index contributed by atoms with van der Waals surface area (Å²) in [6.07, 6.45) is -3.80. The Morgan fingerprint density at radius 3 is 2.35 bits per heavy atom. The van der Waals surface area contributed by atoms with Crippen LogP contribution < -0.4 is 5.32 Å². The number of nitrogens with zero attached hydrogens (tertiary/aromatic N) is 2. The molecule has 0 spiro atoms. The van der Waals surface area contributed by atoms with Crippen LogP contribution in [0.4, 0.5) is 38.0 Å². The van der Waals surface area contributed by atoms with Gasteiger partial charge in [-0.05, 0) is 30.3 Å². The minimum Gasteiger partial charge on any atom is -0.324 e. The molecule has 0 atom stereocenters. The van der Waals surface area contributed by atoms with E-state index in [1.807, 2.05) is 0 Å². The van der Waals surface area contributed by atoms with Crippen molar-refractivity contribution < 1.29 is 26.3 Å². The Kier molecular flexibility index (Phi) is 4.54. The fourth-order valence-corrected chi connectivity index (χ4v) is 2.20. The first-order valence-electron chi connectivity index (χ1n) is 7.16. The van der Waals surface area contributed by atoms with Crippen molar-refractivity contribution in [2.45, 2.75) is 6.18 Å². The Bertz CT molecular complexity index is 955. The van der Waals surface area contributed by atoms with Crippen molar-refractivity contribution in [1.82, 2.24) is 9.97 Å². The highest BCUT2D eigenvalue weighted by Gasteiger charge is 2.30. The van der Waals surface area contributed by atoms with Gasteiger partial charge in [0, 0.05) is 17.3 Å². The van der Waals surface area contributed by atoms with E-state index < -0.39 is 34.9 Å². The number of nitrogens with one attached hydrogen (secondary N) is 1. The van der Waals surface area contributed by atoms with Gasteiger partial charge >= 0.3 is 6.18 Å². The van der Waals surface area contributed by atoms with E-state index in [1.165, 1.54) is 12.1 Å². The van der Waals surface area contributed by atoms with Crippen LogP contribution in [-0.4, -0.2) is 9.97 Å². The number of anilines is 2. The molecule has 3 rings (SSSR count). The second-order valence-electron chi connectivity index (χ2n) is 5.22. The lowest BCUT2D eigenvalue weighted by Crippen LogP contribution is -2.06. The van der Waals surface area contributed by atoms with Crippen molar-refractivity contribution in [3.8, 4) is 11.3 Å². The van der Waals surface area contributed by atoms with E-state index in [0.29, 0.717) is 6.07 Å². The van der Waals surface area contributed by atoms with Crippen molar-refractivity contribution in [2.24, 2.45) is 0 Å². The van der Waals surface area contributed by atoms with Crippen LogP contribution in [0.5, 0.6) is 0 Å². The van der Waals surface area contributed by atoms with Crippen molar-refractivity contribution in [2.75, 3.05) is 5.32 Å². The number of rotatable bonds is 3. The number of halogens is 6. The third-order valence-electron chi connectivity index (χ3n) is 3.38. The predicted octanol–water partition coefficient (Wildman–Crippen LogP) is 5.32. The number of hydrogen-bond acceptors (Lipinski definition) is 3. The molecule has 0 saturated heterocycles. The van der Waals surface area contributed by atoms with Gasteiger partial charge in [0.2, 0.25) is 5.95 Å². The quantitative estimate of drug-likeness (QED) is 0.635. The van der Waals surface area contributed by atoms with Crippen LogP contribution in [0.15, 0.2) is 48.7 Å². The zero-order chi connectivity index (χ0) is 18.9. The van der Waals surface area contributed by atoms with E-state index in [4.69, 9.17) is 0 Å². The minimum atomic E-state index is -4.54. The summed E-state index contributed by atoms with van der Waals surface area (Å²) >= 11 is 0. The lowest BCUT2D eigenvalue weighted by molar-refractivity contribution is -0.137. The normalized spacial score (nSPS) is 11.5. The molecule has 3 aromatic rings. The summed E-state index contributed by atoms with van der Waals surface area (Å²) in [6.45, 7) is 0. The van der Waals surface area contributed by atoms with E-state index in [0.717, 1.165) is 30.5 Å². The van der Waals surface area contributed by atoms with Gasteiger partial charge in [0.25, 0.3) is 0 Å². The maximum Gasteiger partial charge on any atom is 0.416 e. The second kappa shape index (κ2) is 6.66. The van der Waals surface area contributed by atoms with E-state index in [1.54, 1.807) is 0 Å². The molecule has 2 aromatic carbocycles. The molecule has 134 valence electrons. The molecule has 0 bridgehead atoms. The molecule has 0 unspecified atom stereocenters. The first-order chi connectivity index (χ1) is 12.2. The minimum absolute atomic E-state index is 0.0111. The van der Waals surface area contributed by atoms with Crippen LogP contribution in [0.1, 0.15) is 5.56 Å². The van der Waals surface area contributed by atoms with Crippen molar-refractivity contribution in [3.05, 3.63) is 71.7 Å². The summed E-state index contributed by atoms with van der Waals surface area (Å²) in [6, 6.07) is 6.72. The molecule has 0 amide bonds. The molecule has 1 N–H and O–H groups in total. The Balaban J connectivity index is 1.96. The first kappa shape index (κ1) is 17.7. The van der Waals surface area contributed by atoms with Crippen LogP contribution in [0.3, 0.4) is 0 Å². The van der Waals surface area contributed by atoms with Crippen LogP contribution in [0, 0.1) is 17.5 Å². The van der Waals surface area contributed by atoms with Crippen molar-refractivity contribution in [1.29, 1.82) is 0 Å². The van der Waals surface area contributed by atoms with Crippen LogP contribution in [0.25, 0.3) is 11.3 Å². The van der Waals surface area contributed by atoms with Gasteiger partial charge in [-0.1, -0.05) is 6.07 Å². The number of aromatic nitrogens is 2. The molecule has 0 radical (unpaired) electrons. The average Bonchev–Trinajstić information content (AvgIpc) is 2.57. The van der Waals surface area contributed by atoms with Crippen LogP contribution in [-0.2, 0) is 6.18 Å². The maximum atomic E-state index is 13.9. The van der Waals surface area contributed by atoms with Crippen molar-refractivity contribution in [3.63, 3.8) is 0 Å². The molecule has 3 nitrogen and oxygen atoms in total. The zero-order valence-corrected chi connectivity index (χ0v) is 12.8. The van der Waals surface area contributed by atoms with Gasteiger partial charge in [-0.3, -0.25) is 0 Å². The Morgan fingerprint density at radius 1 is 0.885 bits per heavy atom. The van der Waals surface area contributed by atoms with E-state index in [2.05, 4.69) is 15.3 Å². The summed E-state index contributed by atoms with van der Waals surface area (Å²) in [7, 11) is 0. The van der Waals surface area contributed by atoms with Gasteiger partial charge < -0.3 is 5.32 Å². The smallest absolute Gasteiger partial charge is 0.324 e. The molecule has 9 heteroatoms. The summed E-state index contributed by atoms with van der Waals surface area (Å²) in [4.78, 5) is 7.40. The molecule has 0 saturated carbocycles. The lowest BCUT2D eigenvalue weighted by Gasteiger charge is -2.11. The Labute approximate surface area is 143 Å². The summed E-state index contributed by atoms with van der Waals surface area (Å²) < 4.78 is 79.0. The summed E-state index contributed by atoms with van der Waals surface area (Å²) in [5.74, 6) is -3.09. The van der Waals surface area contributed by atoms with Gasteiger partial charge in [-0.15, -0.1) is 0 Å². The Hall–Kier alpha value is -3.10. The van der Waals surface area contributed by atoms with Gasteiger partial charge in [-0.25, -0.2) is 23.1 Å². The van der Waals surface area contributed by atoms with Gasteiger partial charge in [0.1, 0.15) is 17.3 Å². The van der Waals surface area contributed by atoms with Crippen LogP contribution >= 0.6 is 0 Å². The molecule has 1 aromatic heterocycles. The number of benzene rings is 2. The highest BCUT2D eigenvalue weighted by Crippen LogP contribution is 2.31. The molecular formula is C17H9F6N3. The maximum absolute atomic E-state index is 13.9. The third kappa shape index (κ3) is 3.76. The van der Waals surface area contributed by atoms with Gasteiger partial charge in [0.15, 0.2) is 5.82 Å². The standard InChI is InChI=1S/C17H9F6N3/c18-10-4-5-12(13(19)7-10)15-14(20)8-24-16(26-15)25-11-3-1-2-9(6-11)17(21,22)23/h1-8H,(H,24,25,26). The topological polar surface area (TPSA) is 37.8 Å². The van der Waals surface area contributed by atoms with Gasteiger partial charge in [-0.2, -0.15) is 13.2 Å². The van der Waals surface area contributed by atoms with Gasteiger partial charge in [0.05, 0.1) is 11.8 Å². The monoisotopic (exact) mass is 369 g/mol. The largest absolute Gasteiger partial charge is 0.416 e. The molecule has 0 fully saturated rings. The fraction of sp³-hybridized carbons (Fsp3) is 0.0588. The molecule has 26 heavy (non-hydrogen) atoms. The predicted molar refractivity (Wildman–Crippen MR) is 82.1 cm³/mol. The molecular weight excluding hydrogens is 360 g/mol. The number of alkyl halides is 3. The highest BCUT2D eigenvalue weighted by molar-refractivity contribution is 5.63.